The summed E-state index contributed by atoms with van der Waals surface area (Å²) in [5, 5.41) is 41.8. The van der Waals surface area contributed by atoms with Gasteiger partial charge in [0.1, 0.15) is 5.54 Å². The Morgan fingerprint density at radius 1 is 0.950 bits per heavy atom. The SMILES string of the molecule is N#Cc1ccc(NC(CO)(CO)CO)c2ccccc12. The van der Waals surface area contributed by atoms with Crippen LogP contribution in [0.3, 0.4) is 0 Å². The molecular formula is C15H16N2O3. The smallest absolute Gasteiger partial charge is 0.107 e. The molecule has 104 valence electrons. The van der Waals surface area contributed by atoms with E-state index in [-0.39, 0.29) is 0 Å². The Labute approximate surface area is 116 Å². The molecule has 20 heavy (non-hydrogen) atoms. The molecule has 0 saturated carbocycles. The van der Waals surface area contributed by atoms with E-state index in [4.69, 9.17) is 5.26 Å². The van der Waals surface area contributed by atoms with E-state index in [0.29, 0.717) is 11.3 Å². The molecule has 0 aliphatic rings. The summed E-state index contributed by atoms with van der Waals surface area (Å²) in [7, 11) is 0. The first-order chi connectivity index (χ1) is 9.69. The number of benzene rings is 2. The molecule has 0 heterocycles. The number of aliphatic hydroxyl groups is 3. The highest BCUT2D eigenvalue weighted by Gasteiger charge is 2.28. The topological polar surface area (TPSA) is 96.5 Å². The fourth-order valence-corrected chi connectivity index (χ4v) is 2.06. The van der Waals surface area contributed by atoms with Crippen molar-refractivity contribution >= 4 is 16.5 Å². The maximum atomic E-state index is 9.38. The summed E-state index contributed by atoms with van der Waals surface area (Å²) in [5.41, 5.74) is 0.00204. The van der Waals surface area contributed by atoms with Crippen molar-refractivity contribution < 1.29 is 15.3 Å². The molecule has 5 heteroatoms. The molecule has 2 rings (SSSR count). The second-order valence-corrected chi connectivity index (χ2v) is 4.70. The predicted molar refractivity (Wildman–Crippen MR) is 76.3 cm³/mol. The van der Waals surface area contributed by atoms with Gasteiger partial charge in [0.05, 0.1) is 31.5 Å². The van der Waals surface area contributed by atoms with Crippen LogP contribution in [0.5, 0.6) is 0 Å². The molecule has 0 aliphatic carbocycles. The molecule has 0 aromatic heterocycles. The van der Waals surface area contributed by atoms with E-state index in [1.54, 1.807) is 12.1 Å². The van der Waals surface area contributed by atoms with Crippen LogP contribution in [0.4, 0.5) is 5.69 Å². The van der Waals surface area contributed by atoms with E-state index in [9.17, 15) is 15.3 Å². The lowest BCUT2D eigenvalue weighted by atomic mass is 9.99. The summed E-state index contributed by atoms with van der Waals surface area (Å²) in [6, 6.07) is 12.9. The van der Waals surface area contributed by atoms with Crippen molar-refractivity contribution in [1.82, 2.24) is 0 Å². The first-order valence-electron chi connectivity index (χ1n) is 6.22. The maximum Gasteiger partial charge on any atom is 0.107 e. The van der Waals surface area contributed by atoms with Gasteiger partial charge in [0, 0.05) is 16.5 Å². The van der Waals surface area contributed by atoms with Crippen LogP contribution in [-0.2, 0) is 0 Å². The number of nitriles is 1. The predicted octanol–water partition coefficient (Wildman–Crippen LogP) is 0.839. The first-order valence-corrected chi connectivity index (χ1v) is 6.22. The number of hydrogen-bond donors (Lipinski definition) is 4. The zero-order valence-corrected chi connectivity index (χ0v) is 10.9. The third-order valence-corrected chi connectivity index (χ3v) is 3.35. The maximum absolute atomic E-state index is 9.38. The fourth-order valence-electron chi connectivity index (χ4n) is 2.06. The lowest BCUT2D eigenvalue weighted by molar-refractivity contribution is 0.0834. The number of nitrogens with zero attached hydrogens (tertiary/aromatic N) is 1. The van der Waals surface area contributed by atoms with Crippen molar-refractivity contribution in [2.24, 2.45) is 0 Å². The van der Waals surface area contributed by atoms with Crippen molar-refractivity contribution in [2.75, 3.05) is 25.1 Å². The van der Waals surface area contributed by atoms with Gasteiger partial charge in [-0.3, -0.25) is 0 Å². The molecule has 0 atom stereocenters. The van der Waals surface area contributed by atoms with Gasteiger partial charge in [0.15, 0.2) is 0 Å². The van der Waals surface area contributed by atoms with E-state index in [1.807, 2.05) is 24.3 Å². The molecule has 0 amide bonds. The average Bonchev–Trinajstić information content (AvgIpc) is 2.53. The summed E-state index contributed by atoms with van der Waals surface area (Å²) in [4.78, 5) is 0. The van der Waals surface area contributed by atoms with E-state index >= 15 is 0 Å². The molecule has 2 aromatic carbocycles. The Hall–Kier alpha value is -2.13. The number of rotatable bonds is 5. The summed E-state index contributed by atoms with van der Waals surface area (Å²) < 4.78 is 0. The highest BCUT2D eigenvalue weighted by molar-refractivity contribution is 5.97. The Bertz CT molecular complexity index is 637. The van der Waals surface area contributed by atoms with E-state index in [0.717, 1.165) is 10.8 Å². The molecule has 0 saturated heterocycles. The van der Waals surface area contributed by atoms with Crippen LogP contribution < -0.4 is 5.32 Å². The van der Waals surface area contributed by atoms with Gasteiger partial charge in [-0.05, 0) is 12.1 Å². The van der Waals surface area contributed by atoms with Crippen LogP contribution in [0.25, 0.3) is 10.8 Å². The van der Waals surface area contributed by atoms with Gasteiger partial charge in [-0.25, -0.2) is 0 Å². The molecule has 5 nitrogen and oxygen atoms in total. The standard InChI is InChI=1S/C15H16N2O3/c16-7-11-5-6-14(13-4-2-1-3-12(11)13)17-15(8-18,9-19)10-20/h1-6,17-20H,8-10H2. The zero-order chi connectivity index (χ0) is 14.6. The molecule has 2 aromatic rings. The lowest BCUT2D eigenvalue weighted by Crippen LogP contribution is -2.49. The molecule has 0 fully saturated rings. The zero-order valence-electron chi connectivity index (χ0n) is 10.9. The molecular weight excluding hydrogens is 256 g/mol. The fraction of sp³-hybridized carbons (Fsp3) is 0.267. The van der Waals surface area contributed by atoms with Gasteiger partial charge in [-0.1, -0.05) is 24.3 Å². The van der Waals surface area contributed by atoms with Gasteiger partial charge in [0.2, 0.25) is 0 Å². The Morgan fingerprint density at radius 2 is 1.55 bits per heavy atom. The van der Waals surface area contributed by atoms with Gasteiger partial charge in [-0.2, -0.15) is 5.26 Å². The van der Waals surface area contributed by atoms with Crippen LogP contribution in [0.15, 0.2) is 36.4 Å². The minimum Gasteiger partial charge on any atom is -0.394 e. The normalized spacial score (nSPS) is 11.3. The summed E-state index contributed by atoms with van der Waals surface area (Å²) in [6.07, 6.45) is 0. The molecule has 0 bridgehead atoms. The van der Waals surface area contributed by atoms with Gasteiger partial charge in [0.25, 0.3) is 0 Å². The van der Waals surface area contributed by atoms with E-state index in [2.05, 4.69) is 11.4 Å². The van der Waals surface area contributed by atoms with Gasteiger partial charge >= 0.3 is 0 Å². The quantitative estimate of drug-likeness (QED) is 0.647. The minimum atomic E-state index is -1.20. The number of fused-ring (bicyclic) bond motifs is 1. The summed E-state index contributed by atoms with van der Waals surface area (Å²) in [6.45, 7) is -1.23. The number of hydrogen-bond acceptors (Lipinski definition) is 5. The van der Waals surface area contributed by atoms with Crippen LogP contribution in [0.1, 0.15) is 5.56 Å². The number of aliphatic hydroxyl groups excluding tert-OH is 3. The number of anilines is 1. The van der Waals surface area contributed by atoms with E-state index in [1.165, 1.54) is 0 Å². The van der Waals surface area contributed by atoms with Crippen LogP contribution in [0, 0.1) is 11.3 Å². The van der Waals surface area contributed by atoms with Crippen molar-refractivity contribution in [1.29, 1.82) is 5.26 Å². The van der Waals surface area contributed by atoms with Crippen molar-refractivity contribution in [2.45, 2.75) is 5.54 Å². The number of nitrogens with one attached hydrogen (secondary N) is 1. The van der Waals surface area contributed by atoms with E-state index < -0.39 is 25.4 Å². The average molecular weight is 272 g/mol. The van der Waals surface area contributed by atoms with Crippen molar-refractivity contribution in [3.05, 3.63) is 42.0 Å². The summed E-state index contributed by atoms with van der Waals surface area (Å²) >= 11 is 0. The molecule has 0 aliphatic heterocycles. The largest absolute Gasteiger partial charge is 0.394 e. The first kappa shape index (κ1) is 14.3. The van der Waals surface area contributed by atoms with Gasteiger partial charge < -0.3 is 20.6 Å². The second kappa shape index (κ2) is 5.88. The highest BCUT2D eigenvalue weighted by atomic mass is 16.3. The monoisotopic (exact) mass is 272 g/mol. The second-order valence-electron chi connectivity index (χ2n) is 4.70. The van der Waals surface area contributed by atoms with Crippen LogP contribution in [-0.4, -0.2) is 40.7 Å². The minimum absolute atomic E-state index is 0.408. The van der Waals surface area contributed by atoms with Gasteiger partial charge in [-0.15, -0.1) is 0 Å². The third-order valence-electron chi connectivity index (χ3n) is 3.35. The Kier molecular flexibility index (Phi) is 4.20. The van der Waals surface area contributed by atoms with Crippen LogP contribution in [0.2, 0.25) is 0 Å². The lowest BCUT2D eigenvalue weighted by Gasteiger charge is -2.30. The Balaban J connectivity index is 2.54. The van der Waals surface area contributed by atoms with Crippen LogP contribution >= 0.6 is 0 Å². The molecule has 0 unspecified atom stereocenters. The van der Waals surface area contributed by atoms with Crippen molar-refractivity contribution in [3.8, 4) is 6.07 Å². The molecule has 0 spiro atoms. The summed E-state index contributed by atoms with van der Waals surface area (Å²) in [5.74, 6) is 0. The third kappa shape index (κ3) is 2.45. The van der Waals surface area contributed by atoms with Crippen molar-refractivity contribution in [3.63, 3.8) is 0 Å². The highest BCUT2D eigenvalue weighted by Crippen LogP contribution is 2.28. The molecule has 0 radical (unpaired) electrons. The Morgan fingerprint density at radius 3 is 2.10 bits per heavy atom. The molecule has 4 N–H and O–H groups in total.